The van der Waals surface area contributed by atoms with Gasteiger partial charge in [0.2, 0.25) is 0 Å². The van der Waals surface area contributed by atoms with Gasteiger partial charge in [-0.15, -0.1) is 0 Å². The normalized spacial score (nSPS) is 11.0. The van der Waals surface area contributed by atoms with Gasteiger partial charge in [0, 0.05) is 5.56 Å². The molecule has 0 saturated heterocycles. The molecule has 0 atom stereocenters. The van der Waals surface area contributed by atoms with Gasteiger partial charge in [-0.2, -0.15) is 5.10 Å². The van der Waals surface area contributed by atoms with Crippen LogP contribution in [0.3, 0.4) is 0 Å². The molecule has 0 aliphatic carbocycles. The Morgan fingerprint density at radius 2 is 1.81 bits per heavy atom. The highest BCUT2D eigenvalue weighted by Gasteiger charge is 2.10. The van der Waals surface area contributed by atoms with E-state index < -0.39 is 16.7 Å². The molecule has 4 aromatic rings. The molecular formula is C23H17N3O5. The van der Waals surface area contributed by atoms with Crippen molar-refractivity contribution in [1.29, 1.82) is 0 Å². The molecule has 3 aromatic carbocycles. The van der Waals surface area contributed by atoms with Gasteiger partial charge in [-0.3, -0.25) is 14.9 Å². The minimum atomic E-state index is -0.652. The van der Waals surface area contributed by atoms with Crippen LogP contribution in [0.25, 0.3) is 10.8 Å². The molecule has 0 unspecified atom stereocenters. The molecule has 0 radical (unpaired) electrons. The number of benzene rings is 3. The molecule has 31 heavy (non-hydrogen) atoms. The van der Waals surface area contributed by atoms with E-state index >= 15 is 0 Å². The van der Waals surface area contributed by atoms with Crippen LogP contribution in [0.4, 0.5) is 5.88 Å². The molecule has 1 N–H and O–H groups in total. The Morgan fingerprint density at radius 3 is 2.55 bits per heavy atom. The molecule has 0 fully saturated rings. The number of carbonyl (C=O) groups excluding carboxylic acids is 1. The number of amides is 1. The van der Waals surface area contributed by atoms with Gasteiger partial charge >= 0.3 is 5.88 Å². The number of carbonyl (C=O) groups is 1. The number of nitrogens with zero attached hydrogens (tertiary/aromatic N) is 2. The molecule has 4 rings (SSSR count). The zero-order valence-electron chi connectivity index (χ0n) is 16.2. The quantitative estimate of drug-likeness (QED) is 0.268. The lowest BCUT2D eigenvalue weighted by atomic mass is 10.1. The largest absolute Gasteiger partial charge is 0.489 e. The fraction of sp³-hybridized carbons (Fsp3) is 0.0435. The van der Waals surface area contributed by atoms with Crippen LogP contribution in [0.1, 0.15) is 21.7 Å². The Kier molecular flexibility index (Phi) is 5.70. The third-order valence-electron chi connectivity index (χ3n) is 4.49. The number of nitro groups is 1. The molecular weight excluding hydrogens is 398 g/mol. The molecule has 1 aromatic heterocycles. The minimum Gasteiger partial charge on any atom is -0.489 e. The van der Waals surface area contributed by atoms with Gasteiger partial charge in [0.1, 0.15) is 17.3 Å². The summed E-state index contributed by atoms with van der Waals surface area (Å²) in [5.41, 5.74) is 3.68. The molecule has 154 valence electrons. The highest BCUT2D eigenvalue weighted by atomic mass is 16.6. The Bertz CT molecular complexity index is 1260. The van der Waals surface area contributed by atoms with Crippen LogP contribution < -0.4 is 10.2 Å². The van der Waals surface area contributed by atoms with Crippen molar-refractivity contribution in [3.63, 3.8) is 0 Å². The minimum absolute atomic E-state index is 0.160. The summed E-state index contributed by atoms with van der Waals surface area (Å²) in [5.74, 6) is 0.120. The molecule has 8 nitrogen and oxygen atoms in total. The van der Waals surface area contributed by atoms with Crippen molar-refractivity contribution in [1.82, 2.24) is 5.43 Å². The van der Waals surface area contributed by atoms with Gasteiger partial charge in [-0.25, -0.2) is 5.43 Å². The molecule has 0 saturated carbocycles. The van der Waals surface area contributed by atoms with E-state index in [-0.39, 0.29) is 5.76 Å². The van der Waals surface area contributed by atoms with Gasteiger partial charge in [-0.1, -0.05) is 42.5 Å². The van der Waals surface area contributed by atoms with E-state index in [9.17, 15) is 14.9 Å². The third kappa shape index (κ3) is 4.94. The molecule has 0 spiro atoms. The van der Waals surface area contributed by atoms with E-state index in [1.807, 2.05) is 42.5 Å². The SMILES string of the molecule is O=C(N/N=C\c1ccc([N+](=O)[O-])o1)c1ccc(COc2ccc3ccccc3c2)cc1. The standard InChI is InChI=1S/C23H17N3O5/c27-23(25-24-14-21-11-12-22(31-21)26(28)29)18-7-5-16(6-8-18)15-30-20-10-9-17-3-1-2-4-19(17)13-20/h1-14H,15H2,(H,25,27)/b24-14-. The first-order chi connectivity index (χ1) is 15.1. The van der Waals surface area contributed by atoms with E-state index in [1.54, 1.807) is 24.3 Å². The van der Waals surface area contributed by atoms with Crippen LogP contribution in [0.15, 0.2) is 88.4 Å². The van der Waals surface area contributed by atoms with Crippen LogP contribution >= 0.6 is 0 Å². The number of nitrogens with one attached hydrogen (secondary N) is 1. The van der Waals surface area contributed by atoms with E-state index in [1.165, 1.54) is 18.3 Å². The summed E-state index contributed by atoms with van der Waals surface area (Å²) in [6.45, 7) is 0.371. The maximum Gasteiger partial charge on any atom is 0.433 e. The highest BCUT2D eigenvalue weighted by molar-refractivity contribution is 5.94. The first-order valence-electron chi connectivity index (χ1n) is 9.37. The Labute approximate surface area is 176 Å². The fourth-order valence-corrected chi connectivity index (χ4v) is 2.90. The third-order valence-corrected chi connectivity index (χ3v) is 4.49. The van der Waals surface area contributed by atoms with Crippen LogP contribution in [0.5, 0.6) is 5.75 Å². The van der Waals surface area contributed by atoms with Gasteiger partial charge in [0.05, 0.1) is 12.3 Å². The summed E-state index contributed by atoms with van der Waals surface area (Å²) in [7, 11) is 0. The predicted molar refractivity (Wildman–Crippen MR) is 115 cm³/mol. The van der Waals surface area contributed by atoms with Crippen molar-refractivity contribution in [3.8, 4) is 5.75 Å². The average molecular weight is 415 g/mol. The first-order valence-corrected chi connectivity index (χ1v) is 9.37. The Balaban J connectivity index is 1.31. The number of hydrogen-bond acceptors (Lipinski definition) is 6. The van der Waals surface area contributed by atoms with Crippen molar-refractivity contribution in [3.05, 3.63) is 106 Å². The monoisotopic (exact) mass is 415 g/mol. The van der Waals surface area contributed by atoms with Gasteiger partial charge in [-0.05, 0) is 46.7 Å². The zero-order chi connectivity index (χ0) is 21.6. The number of hydrazone groups is 1. The van der Waals surface area contributed by atoms with Gasteiger partial charge < -0.3 is 9.15 Å². The van der Waals surface area contributed by atoms with Gasteiger partial charge in [0.15, 0.2) is 5.76 Å². The second kappa shape index (κ2) is 8.91. The van der Waals surface area contributed by atoms with E-state index in [0.717, 1.165) is 22.1 Å². The summed E-state index contributed by atoms with van der Waals surface area (Å²) in [6.07, 6.45) is 1.19. The molecule has 1 heterocycles. The molecule has 0 bridgehead atoms. The van der Waals surface area contributed by atoms with E-state index in [2.05, 4.69) is 10.5 Å². The van der Waals surface area contributed by atoms with Crippen LogP contribution in [-0.2, 0) is 6.61 Å². The summed E-state index contributed by atoms with van der Waals surface area (Å²) in [4.78, 5) is 22.1. The van der Waals surface area contributed by atoms with Crippen LogP contribution in [-0.4, -0.2) is 17.0 Å². The number of fused-ring (bicyclic) bond motifs is 1. The summed E-state index contributed by atoms with van der Waals surface area (Å²) >= 11 is 0. The summed E-state index contributed by atoms with van der Waals surface area (Å²) in [6, 6.07) is 23.5. The van der Waals surface area contributed by atoms with E-state index in [0.29, 0.717) is 12.2 Å². The van der Waals surface area contributed by atoms with Crippen molar-refractivity contribution in [2.75, 3.05) is 0 Å². The van der Waals surface area contributed by atoms with Crippen molar-refractivity contribution < 1.29 is 18.9 Å². The Hall–Kier alpha value is -4.46. The second-order valence-electron chi connectivity index (χ2n) is 6.63. The second-order valence-corrected chi connectivity index (χ2v) is 6.63. The van der Waals surface area contributed by atoms with Crippen molar-refractivity contribution in [2.45, 2.75) is 6.61 Å². The van der Waals surface area contributed by atoms with Crippen LogP contribution in [0.2, 0.25) is 0 Å². The van der Waals surface area contributed by atoms with E-state index in [4.69, 9.17) is 9.15 Å². The Morgan fingerprint density at radius 1 is 1.03 bits per heavy atom. The lowest BCUT2D eigenvalue weighted by molar-refractivity contribution is -0.402. The lowest BCUT2D eigenvalue weighted by Gasteiger charge is -2.08. The summed E-state index contributed by atoms with van der Waals surface area (Å²) < 4.78 is 10.8. The highest BCUT2D eigenvalue weighted by Crippen LogP contribution is 2.21. The fourth-order valence-electron chi connectivity index (χ4n) is 2.90. The number of hydrogen-bond donors (Lipinski definition) is 1. The molecule has 1 amide bonds. The number of furan rings is 1. The van der Waals surface area contributed by atoms with Crippen LogP contribution in [0, 0.1) is 10.1 Å². The maximum atomic E-state index is 12.2. The van der Waals surface area contributed by atoms with Gasteiger partial charge in [0.25, 0.3) is 5.91 Å². The topological polar surface area (TPSA) is 107 Å². The van der Waals surface area contributed by atoms with Crippen molar-refractivity contribution in [2.24, 2.45) is 5.10 Å². The first kappa shape index (κ1) is 19.8. The van der Waals surface area contributed by atoms with Crippen molar-refractivity contribution >= 4 is 28.8 Å². The number of ether oxygens (including phenoxy) is 1. The molecule has 0 aliphatic heterocycles. The average Bonchev–Trinajstić information content (AvgIpc) is 3.27. The zero-order valence-corrected chi connectivity index (χ0v) is 16.2. The number of rotatable bonds is 7. The molecule has 0 aliphatic rings. The smallest absolute Gasteiger partial charge is 0.433 e. The molecule has 8 heteroatoms. The lowest BCUT2D eigenvalue weighted by Crippen LogP contribution is -2.17. The summed E-state index contributed by atoms with van der Waals surface area (Å²) in [5, 5.41) is 16.6. The maximum absolute atomic E-state index is 12.2. The predicted octanol–water partition coefficient (Wildman–Crippen LogP) is 4.68.